The molecule has 92 valence electrons. The Hall–Kier alpha value is -1.62. The molecule has 2 rings (SSSR count). The summed E-state index contributed by atoms with van der Waals surface area (Å²) in [5, 5.41) is 14.0. The fourth-order valence-electron chi connectivity index (χ4n) is 1.98. The van der Waals surface area contributed by atoms with Gasteiger partial charge in [0.15, 0.2) is 0 Å². The molecule has 0 saturated carbocycles. The van der Waals surface area contributed by atoms with Crippen LogP contribution >= 0.6 is 0 Å². The van der Waals surface area contributed by atoms with Gasteiger partial charge in [0, 0.05) is 36.9 Å². The Balaban J connectivity index is 2.01. The van der Waals surface area contributed by atoms with Crippen LogP contribution in [0.2, 0.25) is 0 Å². The van der Waals surface area contributed by atoms with Gasteiger partial charge in [0.05, 0.1) is 11.5 Å². The summed E-state index contributed by atoms with van der Waals surface area (Å²) in [7, 11) is 0. The molecule has 1 atom stereocenters. The van der Waals surface area contributed by atoms with Gasteiger partial charge in [-0.15, -0.1) is 0 Å². The number of rotatable bonds is 4. The third kappa shape index (κ3) is 3.17. The Morgan fingerprint density at radius 2 is 2.35 bits per heavy atom. The lowest BCUT2D eigenvalue weighted by Gasteiger charge is -2.11. The summed E-state index contributed by atoms with van der Waals surface area (Å²) in [6.07, 6.45) is 1.06. The van der Waals surface area contributed by atoms with Crippen LogP contribution in [0.4, 0.5) is 11.4 Å². The fourth-order valence-corrected chi connectivity index (χ4v) is 1.98. The predicted molar refractivity (Wildman–Crippen MR) is 65.2 cm³/mol. The highest BCUT2D eigenvalue weighted by Crippen LogP contribution is 2.21. The molecular weight excluding hydrogens is 220 g/mol. The van der Waals surface area contributed by atoms with Gasteiger partial charge in [-0.1, -0.05) is 0 Å². The highest BCUT2D eigenvalue weighted by atomic mass is 16.6. The van der Waals surface area contributed by atoms with Crippen LogP contribution in [-0.4, -0.2) is 24.7 Å². The van der Waals surface area contributed by atoms with E-state index in [1.807, 2.05) is 13.0 Å². The lowest BCUT2D eigenvalue weighted by molar-refractivity contribution is -0.384. The number of aryl methyl sites for hydroxylation is 1. The third-order valence-corrected chi connectivity index (χ3v) is 2.89. The van der Waals surface area contributed by atoms with Crippen LogP contribution in [-0.2, 0) is 4.74 Å². The standard InChI is InChI=1S/C12H16N2O3/c1-9-4-11(6-12(5-9)14(15)16)13-7-10-2-3-17-8-10/h4-6,10,13H,2-3,7-8H2,1H3. The monoisotopic (exact) mass is 236 g/mol. The Morgan fingerprint density at radius 3 is 3.00 bits per heavy atom. The van der Waals surface area contributed by atoms with Crippen molar-refractivity contribution < 1.29 is 9.66 Å². The van der Waals surface area contributed by atoms with Crippen molar-refractivity contribution in [2.24, 2.45) is 5.92 Å². The molecule has 5 heteroatoms. The average Bonchev–Trinajstić information content (AvgIpc) is 2.78. The number of hydrogen-bond acceptors (Lipinski definition) is 4. The number of anilines is 1. The highest BCUT2D eigenvalue weighted by molar-refractivity contribution is 5.53. The van der Waals surface area contributed by atoms with Crippen LogP contribution < -0.4 is 5.32 Å². The third-order valence-electron chi connectivity index (χ3n) is 2.89. The summed E-state index contributed by atoms with van der Waals surface area (Å²) in [5.41, 5.74) is 1.84. The van der Waals surface area contributed by atoms with E-state index < -0.39 is 0 Å². The summed E-state index contributed by atoms with van der Waals surface area (Å²) in [4.78, 5) is 10.4. The number of benzene rings is 1. The number of nitrogens with one attached hydrogen (secondary N) is 1. The second kappa shape index (κ2) is 5.14. The smallest absolute Gasteiger partial charge is 0.271 e. The minimum absolute atomic E-state index is 0.134. The van der Waals surface area contributed by atoms with E-state index in [4.69, 9.17) is 4.74 Å². The van der Waals surface area contributed by atoms with Crippen molar-refractivity contribution in [3.63, 3.8) is 0 Å². The molecule has 1 aliphatic rings. The van der Waals surface area contributed by atoms with Crippen molar-refractivity contribution in [3.8, 4) is 0 Å². The maximum Gasteiger partial charge on any atom is 0.271 e. The van der Waals surface area contributed by atoms with Crippen molar-refractivity contribution in [1.29, 1.82) is 0 Å². The molecule has 0 radical (unpaired) electrons. The summed E-state index contributed by atoms with van der Waals surface area (Å²) < 4.78 is 5.28. The van der Waals surface area contributed by atoms with Crippen molar-refractivity contribution in [1.82, 2.24) is 0 Å². The van der Waals surface area contributed by atoms with E-state index in [1.165, 1.54) is 0 Å². The molecule has 1 heterocycles. The minimum Gasteiger partial charge on any atom is -0.384 e. The zero-order valence-corrected chi connectivity index (χ0v) is 9.81. The molecule has 0 aliphatic carbocycles. The quantitative estimate of drug-likeness (QED) is 0.643. The second-order valence-electron chi connectivity index (χ2n) is 4.42. The summed E-state index contributed by atoms with van der Waals surface area (Å²) in [6, 6.07) is 5.06. The predicted octanol–water partition coefficient (Wildman–Crippen LogP) is 2.35. The van der Waals surface area contributed by atoms with Gasteiger partial charge >= 0.3 is 0 Å². The van der Waals surface area contributed by atoms with Crippen LogP contribution in [0.3, 0.4) is 0 Å². The van der Waals surface area contributed by atoms with Crippen molar-refractivity contribution in [2.75, 3.05) is 25.1 Å². The Kier molecular flexibility index (Phi) is 3.58. The largest absolute Gasteiger partial charge is 0.384 e. The van der Waals surface area contributed by atoms with Gasteiger partial charge in [0.1, 0.15) is 0 Å². The van der Waals surface area contributed by atoms with Crippen LogP contribution in [0.25, 0.3) is 0 Å². The number of hydrogen-bond donors (Lipinski definition) is 1. The van der Waals surface area contributed by atoms with E-state index in [2.05, 4.69) is 5.32 Å². The molecule has 1 N–H and O–H groups in total. The van der Waals surface area contributed by atoms with E-state index in [-0.39, 0.29) is 10.6 Å². The first kappa shape index (κ1) is 11.9. The minimum atomic E-state index is -0.364. The first-order valence-electron chi connectivity index (χ1n) is 5.73. The van der Waals surface area contributed by atoms with E-state index in [1.54, 1.807) is 12.1 Å². The fraction of sp³-hybridized carbons (Fsp3) is 0.500. The molecule has 5 nitrogen and oxygen atoms in total. The molecule has 1 aliphatic heterocycles. The Bertz CT molecular complexity index is 414. The van der Waals surface area contributed by atoms with Crippen molar-refractivity contribution in [2.45, 2.75) is 13.3 Å². The molecule has 0 amide bonds. The summed E-state index contributed by atoms with van der Waals surface area (Å²) >= 11 is 0. The molecule has 1 aromatic rings. The van der Waals surface area contributed by atoms with Crippen LogP contribution in [0.1, 0.15) is 12.0 Å². The average molecular weight is 236 g/mol. The normalized spacial score (nSPS) is 19.2. The molecule has 0 spiro atoms. The first-order valence-corrected chi connectivity index (χ1v) is 5.73. The van der Waals surface area contributed by atoms with Crippen molar-refractivity contribution >= 4 is 11.4 Å². The molecule has 1 aromatic carbocycles. The van der Waals surface area contributed by atoms with Crippen LogP contribution in [0.15, 0.2) is 18.2 Å². The first-order chi connectivity index (χ1) is 8.15. The molecule has 0 bridgehead atoms. The molecule has 17 heavy (non-hydrogen) atoms. The molecule has 1 saturated heterocycles. The number of nitro groups is 1. The number of ether oxygens (including phenoxy) is 1. The molecule has 1 unspecified atom stereocenters. The lowest BCUT2D eigenvalue weighted by Crippen LogP contribution is -2.14. The SMILES string of the molecule is Cc1cc(NCC2CCOC2)cc([N+](=O)[O-])c1. The topological polar surface area (TPSA) is 64.4 Å². The second-order valence-corrected chi connectivity index (χ2v) is 4.42. The van der Waals surface area contributed by atoms with Gasteiger partial charge in [0.25, 0.3) is 5.69 Å². The van der Waals surface area contributed by atoms with Gasteiger partial charge in [-0.25, -0.2) is 0 Å². The number of non-ortho nitro benzene ring substituents is 1. The van der Waals surface area contributed by atoms with Gasteiger partial charge in [-0.2, -0.15) is 0 Å². The Labute approximate surface area is 99.9 Å². The van der Waals surface area contributed by atoms with Gasteiger partial charge in [0.2, 0.25) is 0 Å². The zero-order valence-electron chi connectivity index (χ0n) is 9.81. The van der Waals surface area contributed by atoms with Gasteiger partial charge in [-0.05, 0) is 25.0 Å². The van der Waals surface area contributed by atoms with Crippen molar-refractivity contribution in [3.05, 3.63) is 33.9 Å². The van der Waals surface area contributed by atoms with E-state index in [9.17, 15) is 10.1 Å². The lowest BCUT2D eigenvalue weighted by atomic mass is 10.1. The van der Waals surface area contributed by atoms with E-state index in [0.717, 1.165) is 37.4 Å². The van der Waals surface area contributed by atoms with Gasteiger partial charge in [-0.3, -0.25) is 10.1 Å². The Morgan fingerprint density at radius 1 is 1.53 bits per heavy atom. The van der Waals surface area contributed by atoms with E-state index in [0.29, 0.717) is 5.92 Å². The van der Waals surface area contributed by atoms with Gasteiger partial charge < -0.3 is 10.1 Å². The maximum atomic E-state index is 10.7. The summed E-state index contributed by atoms with van der Waals surface area (Å²) in [6.45, 7) is 4.26. The molecular formula is C12H16N2O3. The number of nitrogens with zero attached hydrogens (tertiary/aromatic N) is 1. The highest BCUT2D eigenvalue weighted by Gasteiger charge is 2.15. The van der Waals surface area contributed by atoms with Crippen LogP contribution in [0.5, 0.6) is 0 Å². The van der Waals surface area contributed by atoms with E-state index >= 15 is 0 Å². The summed E-state index contributed by atoms with van der Waals surface area (Å²) in [5.74, 6) is 0.509. The maximum absolute atomic E-state index is 10.7. The van der Waals surface area contributed by atoms with Crippen LogP contribution in [0, 0.1) is 23.0 Å². The zero-order chi connectivity index (χ0) is 12.3. The number of nitro benzene ring substituents is 1. The molecule has 0 aromatic heterocycles. The molecule has 1 fully saturated rings.